The van der Waals surface area contributed by atoms with Crippen molar-refractivity contribution in [2.45, 2.75) is 12.7 Å². The molecule has 2 aromatic rings. The molecule has 0 aliphatic rings. The molecule has 1 N–H and O–H groups in total. The number of hydrogen-bond acceptors (Lipinski definition) is 2. The van der Waals surface area contributed by atoms with E-state index in [1.165, 1.54) is 30.3 Å². The van der Waals surface area contributed by atoms with E-state index in [4.69, 9.17) is 5.26 Å². The van der Waals surface area contributed by atoms with Crippen LogP contribution in [0.3, 0.4) is 0 Å². The number of benzene rings is 2. The van der Waals surface area contributed by atoms with E-state index in [0.29, 0.717) is 16.8 Å². The first-order chi connectivity index (χ1) is 9.90. The van der Waals surface area contributed by atoms with Gasteiger partial charge in [-0.3, -0.25) is 0 Å². The Labute approximate surface area is 118 Å². The maximum atomic E-state index is 13.1. The number of hydrogen-bond donors (Lipinski definition) is 1. The average Bonchev–Trinajstić information content (AvgIpc) is 2.45. The third kappa shape index (κ3) is 3.72. The molecule has 0 aliphatic carbocycles. The second kappa shape index (κ2) is 5.83. The van der Waals surface area contributed by atoms with E-state index < -0.39 is 17.6 Å². The fourth-order valence-electron chi connectivity index (χ4n) is 1.79. The predicted molar refractivity (Wildman–Crippen MR) is 69.9 cm³/mol. The van der Waals surface area contributed by atoms with E-state index in [1.54, 1.807) is 0 Å². The van der Waals surface area contributed by atoms with E-state index in [0.717, 1.165) is 12.1 Å². The van der Waals surface area contributed by atoms with E-state index in [-0.39, 0.29) is 6.54 Å². The number of anilines is 1. The molecular formula is C15H10F4N2. The van der Waals surface area contributed by atoms with Crippen molar-refractivity contribution in [1.82, 2.24) is 0 Å². The highest BCUT2D eigenvalue weighted by molar-refractivity contribution is 5.47. The number of rotatable bonds is 3. The molecule has 108 valence electrons. The quantitative estimate of drug-likeness (QED) is 0.855. The Kier molecular flexibility index (Phi) is 4.13. The molecule has 0 heterocycles. The summed E-state index contributed by atoms with van der Waals surface area (Å²) in [4.78, 5) is 0. The van der Waals surface area contributed by atoms with Crippen LogP contribution in [-0.4, -0.2) is 0 Å². The summed E-state index contributed by atoms with van der Waals surface area (Å²) >= 11 is 0. The van der Waals surface area contributed by atoms with Gasteiger partial charge in [-0.05, 0) is 48.0 Å². The lowest BCUT2D eigenvalue weighted by Gasteiger charge is -2.10. The lowest BCUT2D eigenvalue weighted by atomic mass is 10.1. The lowest BCUT2D eigenvalue weighted by molar-refractivity contribution is -0.137. The minimum Gasteiger partial charge on any atom is -0.381 e. The summed E-state index contributed by atoms with van der Waals surface area (Å²) < 4.78 is 50.4. The van der Waals surface area contributed by atoms with Crippen molar-refractivity contribution in [2.24, 2.45) is 0 Å². The number of nitrogens with zero attached hydrogens (tertiary/aromatic N) is 1. The highest BCUT2D eigenvalue weighted by Gasteiger charge is 2.29. The molecule has 0 saturated heterocycles. The molecule has 0 bridgehead atoms. The van der Waals surface area contributed by atoms with Crippen molar-refractivity contribution in [3.8, 4) is 6.07 Å². The summed E-state index contributed by atoms with van der Waals surface area (Å²) in [7, 11) is 0. The summed E-state index contributed by atoms with van der Waals surface area (Å²) in [5, 5.41) is 11.8. The first kappa shape index (κ1) is 14.9. The molecule has 0 radical (unpaired) electrons. The van der Waals surface area contributed by atoms with Crippen molar-refractivity contribution in [2.75, 3.05) is 5.32 Å². The second-order valence-corrected chi connectivity index (χ2v) is 4.34. The Bertz CT molecular complexity index is 670. The lowest BCUT2D eigenvalue weighted by Crippen LogP contribution is -2.06. The molecule has 0 amide bonds. The molecular weight excluding hydrogens is 284 g/mol. The van der Waals surface area contributed by atoms with Crippen LogP contribution < -0.4 is 5.32 Å². The zero-order valence-corrected chi connectivity index (χ0v) is 10.7. The molecule has 0 saturated carbocycles. The van der Waals surface area contributed by atoms with Crippen LogP contribution in [0.4, 0.5) is 23.2 Å². The topological polar surface area (TPSA) is 35.8 Å². The second-order valence-electron chi connectivity index (χ2n) is 4.34. The first-order valence-corrected chi connectivity index (χ1v) is 6.00. The predicted octanol–water partition coefficient (Wildman–Crippen LogP) is 4.33. The van der Waals surface area contributed by atoms with E-state index >= 15 is 0 Å². The van der Waals surface area contributed by atoms with Gasteiger partial charge in [0.15, 0.2) is 0 Å². The zero-order valence-electron chi connectivity index (χ0n) is 10.7. The van der Waals surface area contributed by atoms with Gasteiger partial charge in [0.25, 0.3) is 0 Å². The fourth-order valence-corrected chi connectivity index (χ4v) is 1.79. The monoisotopic (exact) mass is 294 g/mol. The smallest absolute Gasteiger partial charge is 0.381 e. The molecule has 0 fully saturated rings. The van der Waals surface area contributed by atoms with Crippen LogP contribution in [0.25, 0.3) is 0 Å². The number of alkyl halides is 3. The maximum absolute atomic E-state index is 13.1. The maximum Gasteiger partial charge on any atom is 0.416 e. The number of nitrogens with one attached hydrogen (secondary N) is 1. The van der Waals surface area contributed by atoms with Gasteiger partial charge in [-0.15, -0.1) is 0 Å². The van der Waals surface area contributed by atoms with E-state index in [1.807, 2.05) is 6.07 Å². The Balaban J connectivity index is 2.10. The Morgan fingerprint density at radius 1 is 1.05 bits per heavy atom. The van der Waals surface area contributed by atoms with Crippen LogP contribution >= 0.6 is 0 Å². The van der Waals surface area contributed by atoms with Gasteiger partial charge in [0.2, 0.25) is 0 Å². The van der Waals surface area contributed by atoms with E-state index in [9.17, 15) is 17.6 Å². The summed E-state index contributed by atoms with van der Waals surface area (Å²) in [5.41, 5.74) is 0.473. The molecule has 0 aliphatic heterocycles. The van der Waals surface area contributed by atoms with Crippen molar-refractivity contribution in [3.63, 3.8) is 0 Å². The molecule has 0 spiro atoms. The molecule has 6 heteroatoms. The van der Waals surface area contributed by atoms with Gasteiger partial charge in [0.05, 0.1) is 17.2 Å². The molecule has 0 atom stereocenters. The van der Waals surface area contributed by atoms with Crippen LogP contribution in [0.1, 0.15) is 16.7 Å². The third-order valence-electron chi connectivity index (χ3n) is 2.88. The van der Waals surface area contributed by atoms with Crippen molar-refractivity contribution >= 4 is 5.69 Å². The van der Waals surface area contributed by atoms with Gasteiger partial charge in [-0.25, -0.2) is 4.39 Å². The SMILES string of the molecule is N#Cc1ccc(F)cc1CNc1ccc(C(F)(F)F)cc1. The van der Waals surface area contributed by atoms with Gasteiger partial charge in [0.1, 0.15) is 5.82 Å². The molecule has 2 rings (SSSR count). The van der Waals surface area contributed by atoms with Gasteiger partial charge >= 0.3 is 6.18 Å². The Hall–Kier alpha value is -2.55. The molecule has 0 aromatic heterocycles. The van der Waals surface area contributed by atoms with Crippen molar-refractivity contribution in [3.05, 3.63) is 65.0 Å². The number of nitriles is 1. The minimum absolute atomic E-state index is 0.145. The highest BCUT2D eigenvalue weighted by atomic mass is 19.4. The van der Waals surface area contributed by atoms with Gasteiger partial charge in [-0.1, -0.05) is 0 Å². The minimum atomic E-state index is -4.38. The standard InChI is InChI=1S/C15H10F4N2/c16-13-4-1-10(8-20)11(7-13)9-21-14-5-2-12(3-6-14)15(17,18)19/h1-7,21H,9H2. The van der Waals surface area contributed by atoms with Crippen LogP contribution in [-0.2, 0) is 12.7 Å². The Morgan fingerprint density at radius 2 is 1.71 bits per heavy atom. The van der Waals surface area contributed by atoms with Gasteiger partial charge in [-0.2, -0.15) is 18.4 Å². The first-order valence-electron chi connectivity index (χ1n) is 6.00. The normalized spacial score (nSPS) is 11.0. The third-order valence-corrected chi connectivity index (χ3v) is 2.88. The molecule has 0 unspecified atom stereocenters. The highest BCUT2D eigenvalue weighted by Crippen LogP contribution is 2.29. The largest absolute Gasteiger partial charge is 0.416 e. The van der Waals surface area contributed by atoms with Crippen LogP contribution in [0.15, 0.2) is 42.5 Å². The Morgan fingerprint density at radius 3 is 2.29 bits per heavy atom. The van der Waals surface area contributed by atoms with Crippen molar-refractivity contribution in [1.29, 1.82) is 5.26 Å². The summed E-state index contributed by atoms with van der Waals surface area (Å²) in [6.45, 7) is 0.145. The molecule has 2 nitrogen and oxygen atoms in total. The summed E-state index contributed by atoms with van der Waals surface area (Å²) in [6.07, 6.45) is -4.38. The molecule has 21 heavy (non-hydrogen) atoms. The number of halogens is 4. The van der Waals surface area contributed by atoms with E-state index in [2.05, 4.69) is 5.32 Å². The van der Waals surface area contributed by atoms with Crippen LogP contribution in [0.5, 0.6) is 0 Å². The van der Waals surface area contributed by atoms with Gasteiger partial charge < -0.3 is 5.32 Å². The van der Waals surface area contributed by atoms with Crippen LogP contribution in [0.2, 0.25) is 0 Å². The van der Waals surface area contributed by atoms with Crippen LogP contribution in [0, 0.1) is 17.1 Å². The average molecular weight is 294 g/mol. The summed E-state index contributed by atoms with van der Waals surface area (Å²) in [6, 6.07) is 10.2. The zero-order chi connectivity index (χ0) is 15.5. The fraction of sp³-hybridized carbons (Fsp3) is 0.133. The summed E-state index contributed by atoms with van der Waals surface area (Å²) in [5.74, 6) is -0.474. The van der Waals surface area contributed by atoms with Crippen molar-refractivity contribution < 1.29 is 17.6 Å². The van der Waals surface area contributed by atoms with Gasteiger partial charge in [0, 0.05) is 12.2 Å². The molecule has 2 aromatic carbocycles.